The molecular weight excluding hydrogens is 328 g/mol. The van der Waals surface area contributed by atoms with Gasteiger partial charge in [-0.25, -0.2) is 4.99 Å². The van der Waals surface area contributed by atoms with Gasteiger partial charge in [0, 0.05) is 41.0 Å². The fourth-order valence-corrected chi connectivity index (χ4v) is 5.36. The second-order valence-electron chi connectivity index (χ2n) is 11.0. The number of piperidine rings is 2. The van der Waals surface area contributed by atoms with Gasteiger partial charge in [-0.05, 0) is 68.2 Å². The lowest BCUT2D eigenvalue weighted by Gasteiger charge is -2.46. The van der Waals surface area contributed by atoms with Crippen molar-refractivity contribution in [3.8, 4) is 0 Å². The first-order valence-corrected chi connectivity index (χ1v) is 9.80. The summed E-state index contributed by atoms with van der Waals surface area (Å²) in [5, 5.41) is 20.6. The number of carbonyl (C=O) groups excluding carboxylic acids is 1. The van der Waals surface area contributed by atoms with E-state index >= 15 is 0 Å². The highest BCUT2D eigenvalue weighted by Gasteiger charge is 2.42. The van der Waals surface area contributed by atoms with E-state index < -0.39 is 5.91 Å². The molecule has 0 saturated carbocycles. The number of rotatable bonds is 2. The van der Waals surface area contributed by atoms with Crippen molar-refractivity contribution >= 4 is 11.8 Å². The Balaban J connectivity index is 2.04. The number of hydrogen-bond donors (Lipinski definition) is 5. The molecule has 2 aliphatic rings. The van der Waals surface area contributed by atoms with E-state index in [9.17, 15) is 9.90 Å². The number of aliphatic hydroxyl groups excluding tert-OH is 1. The molecule has 0 spiro atoms. The zero-order valence-corrected chi connectivity index (χ0v) is 17.8. The van der Waals surface area contributed by atoms with Gasteiger partial charge in [0.2, 0.25) is 0 Å². The fraction of sp³-hybridized carbons (Fsp3) is 0.900. The molecule has 1 amide bonds. The summed E-state index contributed by atoms with van der Waals surface area (Å²) in [4.78, 5) is 15.6. The number of aliphatic hydroxyl groups is 1. The van der Waals surface area contributed by atoms with E-state index in [1.54, 1.807) is 0 Å². The molecule has 2 heterocycles. The third kappa shape index (κ3) is 5.95. The van der Waals surface area contributed by atoms with Crippen molar-refractivity contribution in [1.82, 2.24) is 16.0 Å². The quantitative estimate of drug-likeness (QED) is 0.368. The molecule has 0 bridgehead atoms. The zero-order valence-electron chi connectivity index (χ0n) is 17.8. The summed E-state index contributed by atoms with van der Waals surface area (Å²) in [6, 6.07) is 0.103. The first-order valence-electron chi connectivity index (χ1n) is 9.80. The lowest BCUT2D eigenvalue weighted by atomic mass is 9.79. The highest BCUT2D eigenvalue weighted by atomic mass is 16.3. The lowest BCUT2D eigenvalue weighted by Crippen LogP contribution is -2.85. The minimum absolute atomic E-state index is 0.0404. The van der Waals surface area contributed by atoms with E-state index in [4.69, 9.17) is 0 Å². The minimum Gasteiger partial charge on any atom is -0.456 e. The Morgan fingerprint density at radius 2 is 1.23 bits per heavy atom. The number of amides is 1. The van der Waals surface area contributed by atoms with Gasteiger partial charge in [0.05, 0.1) is 0 Å². The van der Waals surface area contributed by atoms with E-state index in [1.807, 2.05) is 0 Å². The van der Waals surface area contributed by atoms with Gasteiger partial charge < -0.3 is 21.1 Å². The van der Waals surface area contributed by atoms with Crippen LogP contribution in [0.4, 0.5) is 0 Å². The largest absolute Gasteiger partial charge is 0.456 e. The van der Waals surface area contributed by atoms with Crippen LogP contribution in [-0.2, 0) is 4.79 Å². The second kappa shape index (κ2) is 6.79. The van der Waals surface area contributed by atoms with Crippen LogP contribution in [0.1, 0.15) is 81.1 Å². The maximum Gasteiger partial charge on any atom is 0.425 e. The van der Waals surface area contributed by atoms with E-state index in [-0.39, 0.29) is 40.1 Å². The normalized spacial score (nSPS) is 28.5. The van der Waals surface area contributed by atoms with Crippen LogP contribution >= 0.6 is 0 Å². The van der Waals surface area contributed by atoms with Gasteiger partial charge in [0.1, 0.15) is 0 Å². The van der Waals surface area contributed by atoms with E-state index in [0.29, 0.717) is 0 Å². The molecule has 2 aliphatic heterocycles. The Labute approximate surface area is 158 Å². The first-order chi connectivity index (χ1) is 11.6. The van der Waals surface area contributed by atoms with Crippen LogP contribution in [0.2, 0.25) is 0 Å². The van der Waals surface area contributed by atoms with Gasteiger partial charge in [-0.2, -0.15) is 0 Å². The topological polar surface area (TPSA) is 87.4 Å². The standard InChI is InChI=1S/C20H38N4O2/c1-17(2)9-13(10-18(3,4)23-17)21-15(25)16(26)22-14-11-19(5,6)24-20(7,8)12-14/h13-14,23-24H,9-12H2,1-8H3,(H,21,25)(H,22,26)/p+1. The highest BCUT2D eigenvalue weighted by molar-refractivity contribution is 6.31. The van der Waals surface area contributed by atoms with E-state index in [1.165, 1.54) is 0 Å². The Morgan fingerprint density at radius 1 is 0.846 bits per heavy atom. The second-order valence-corrected chi connectivity index (χ2v) is 11.0. The van der Waals surface area contributed by atoms with Crippen molar-refractivity contribution in [2.75, 3.05) is 0 Å². The van der Waals surface area contributed by atoms with Gasteiger partial charge in [0.25, 0.3) is 0 Å². The third-order valence-corrected chi connectivity index (χ3v) is 5.27. The van der Waals surface area contributed by atoms with Crippen molar-refractivity contribution in [3.05, 3.63) is 0 Å². The zero-order chi connectivity index (χ0) is 20.0. The maximum atomic E-state index is 12.5. The average molecular weight is 368 g/mol. The van der Waals surface area contributed by atoms with Crippen LogP contribution in [0, 0.1) is 0 Å². The van der Waals surface area contributed by atoms with Crippen LogP contribution in [0.3, 0.4) is 0 Å². The van der Waals surface area contributed by atoms with Crippen LogP contribution in [0.5, 0.6) is 0 Å². The number of carbonyl (C=O) groups is 1. The van der Waals surface area contributed by atoms with Gasteiger partial charge in [0.15, 0.2) is 6.04 Å². The molecule has 2 fully saturated rings. The summed E-state index contributed by atoms with van der Waals surface area (Å²) in [7, 11) is 0. The predicted molar refractivity (Wildman–Crippen MR) is 105 cm³/mol. The van der Waals surface area contributed by atoms with Gasteiger partial charge >= 0.3 is 11.8 Å². The SMILES string of the molecule is CC1(C)CC(NC(=O)C(O)=[NH+]C2CC(C)(C)NC(C)(C)C2)CC(C)(C)N1. The minimum atomic E-state index is -0.405. The molecule has 5 N–H and O–H groups in total. The summed E-state index contributed by atoms with van der Waals surface area (Å²) >= 11 is 0. The molecule has 0 radical (unpaired) electrons. The Bertz CT molecular complexity index is 546. The van der Waals surface area contributed by atoms with Crippen LogP contribution in [-0.4, -0.2) is 51.2 Å². The van der Waals surface area contributed by atoms with Crippen molar-refractivity contribution in [3.63, 3.8) is 0 Å². The summed E-state index contributed by atoms with van der Waals surface area (Å²) < 4.78 is 0. The van der Waals surface area contributed by atoms with Crippen molar-refractivity contribution < 1.29 is 14.9 Å². The molecule has 0 atom stereocenters. The van der Waals surface area contributed by atoms with Gasteiger partial charge in [-0.15, -0.1) is 0 Å². The highest BCUT2D eigenvalue weighted by Crippen LogP contribution is 2.28. The first kappa shape index (κ1) is 21.2. The maximum absolute atomic E-state index is 12.5. The summed E-state index contributed by atoms with van der Waals surface area (Å²) in [5.41, 5.74) is -0.184. The fourth-order valence-electron chi connectivity index (χ4n) is 5.36. The molecule has 6 heteroatoms. The molecule has 2 rings (SSSR count). The Morgan fingerprint density at radius 3 is 1.65 bits per heavy atom. The van der Waals surface area contributed by atoms with Crippen LogP contribution in [0.25, 0.3) is 0 Å². The van der Waals surface area contributed by atoms with Gasteiger partial charge in [-0.3, -0.25) is 4.79 Å². The van der Waals surface area contributed by atoms with E-state index in [2.05, 4.69) is 76.3 Å². The summed E-state index contributed by atoms with van der Waals surface area (Å²) in [6.45, 7) is 17.2. The molecule has 150 valence electrons. The predicted octanol–water partition coefficient (Wildman–Crippen LogP) is 0.758. The van der Waals surface area contributed by atoms with Crippen molar-refractivity contribution in [2.45, 2.75) is 115 Å². The van der Waals surface area contributed by atoms with Gasteiger partial charge in [-0.1, -0.05) is 0 Å². The number of nitrogens with one attached hydrogen (secondary N) is 4. The smallest absolute Gasteiger partial charge is 0.425 e. The molecule has 0 aromatic rings. The van der Waals surface area contributed by atoms with E-state index in [0.717, 1.165) is 25.7 Å². The molecule has 6 nitrogen and oxygen atoms in total. The third-order valence-electron chi connectivity index (χ3n) is 5.27. The monoisotopic (exact) mass is 367 g/mol. The van der Waals surface area contributed by atoms with Crippen molar-refractivity contribution in [1.29, 1.82) is 0 Å². The van der Waals surface area contributed by atoms with Crippen LogP contribution in [0.15, 0.2) is 0 Å². The Kier molecular flexibility index (Phi) is 5.52. The van der Waals surface area contributed by atoms with Crippen LogP contribution < -0.4 is 20.9 Å². The molecule has 26 heavy (non-hydrogen) atoms. The molecule has 0 aliphatic carbocycles. The lowest BCUT2D eigenvalue weighted by molar-refractivity contribution is -0.519. The molecule has 0 unspecified atom stereocenters. The number of hydrogen-bond acceptors (Lipinski definition) is 3. The average Bonchev–Trinajstić information content (AvgIpc) is 2.29. The molecule has 2 saturated heterocycles. The molecular formula is C20H39N4O2+. The molecule has 0 aromatic carbocycles. The van der Waals surface area contributed by atoms with Crippen molar-refractivity contribution in [2.24, 2.45) is 0 Å². The molecule has 0 aromatic heterocycles. The Hall–Kier alpha value is -1.14. The summed E-state index contributed by atoms with van der Waals surface area (Å²) in [5.74, 6) is -0.671. The summed E-state index contributed by atoms with van der Waals surface area (Å²) in [6.07, 6.45) is 3.37.